The highest BCUT2D eigenvalue weighted by atomic mass is 79.9. The van der Waals surface area contributed by atoms with Crippen LogP contribution in [0.5, 0.6) is 5.88 Å². The van der Waals surface area contributed by atoms with E-state index in [0.29, 0.717) is 19.0 Å². The first kappa shape index (κ1) is 13.5. The average Bonchev–Trinajstić information content (AvgIpc) is 2.74. The van der Waals surface area contributed by atoms with Crippen molar-refractivity contribution < 1.29 is 14.6 Å². The molecule has 0 spiro atoms. The molecule has 0 saturated carbocycles. The van der Waals surface area contributed by atoms with Gasteiger partial charge in [0, 0.05) is 19.1 Å². The number of ether oxygens (including phenoxy) is 1. The molecule has 0 radical (unpaired) electrons. The van der Waals surface area contributed by atoms with Crippen molar-refractivity contribution in [3.63, 3.8) is 0 Å². The molecule has 1 amide bonds. The fraction of sp³-hybridized carbons (Fsp3) is 0.538. The number of amides is 1. The Kier molecular flexibility index (Phi) is 3.24. The van der Waals surface area contributed by atoms with Crippen LogP contribution in [0.3, 0.4) is 0 Å². The second-order valence-corrected chi connectivity index (χ2v) is 6.12. The summed E-state index contributed by atoms with van der Waals surface area (Å²) in [5.41, 5.74) is 1.14. The molecule has 3 heterocycles. The van der Waals surface area contributed by atoms with Gasteiger partial charge in [-0.2, -0.15) is 4.98 Å². The fourth-order valence-electron chi connectivity index (χ4n) is 3.16. The maximum atomic E-state index is 11.2. The van der Waals surface area contributed by atoms with Gasteiger partial charge in [-0.15, -0.1) is 0 Å². The maximum absolute atomic E-state index is 11.2. The van der Waals surface area contributed by atoms with Gasteiger partial charge in [0.1, 0.15) is 5.82 Å². The van der Waals surface area contributed by atoms with Crippen molar-refractivity contribution in [2.24, 2.45) is 0 Å². The third-order valence-electron chi connectivity index (χ3n) is 3.95. The topological polar surface area (TPSA) is 65.9 Å². The summed E-state index contributed by atoms with van der Waals surface area (Å²) in [6.07, 6.45) is -0.0295. The number of aromatic nitrogens is 1. The number of carboxylic acid groups (broad SMARTS) is 1. The molecule has 1 N–H and O–H groups in total. The third kappa shape index (κ3) is 2.00. The lowest BCUT2D eigenvalue weighted by Crippen LogP contribution is -2.57. The molecule has 0 aliphatic carbocycles. The summed E-state index contributed by atoms with van der Waals surface area (Å²) < 4.78 is 6.09. The second kappa shape index (κ2) is 4.80. The summed E-state index contributed by atoms with van der Waals surface area (Å²) in [4.78, 5) is 19.5. The van der Waals surface area contributed by atoms with Crippen molar-refractivity contribution in [1.29, 1.82) is 0 Å². The lowest BCUT2D eigenvalue weighted by Gasteiger charge is -2.42. The van der Waals surface area contributed by atoms with Crippen molar-refractivity contribution >= 4 is 27.8 Å². The molecule has 108 valence electrons. The Balaban J connectivity index is 1.96. The molecule has 1 fully saturated rings. The lowest BCUT2D eigenvalue weighted by atomic mass is 10.1. The van der Waals surface area contributed by atoms with Crippen LogP contribution in [0.25, 0.3) is 0 Å². The largest absolute Gasteiger partial charge is 0.480 e. The summed E-state index contributed by atoms with van der Waals surface area (Å²) in [5.74, 6) is 1.49. The van der Waals surface area contributed by atoms with Gasteiger partial charge in [0.05, 0.1) is 17.6 Å². The van der Waals surface area contributed by atoms with Crippen molar-refractivity contribution in [2.75, 3.05) is 25.1 Å². The second-order valence-electron chi connectivity index (χ2n) is 5.26. The van der Waals surface area contributed by atoms with Crippen LogP contribution in [0.15, 0.2) is 10.5 Å². The van der Waals surface area contributed by atoms with Crippen LogP contribution in [0.4, 0.5) is 10.6 Å². The summed E-state index contributed by atoms with van der Waals surface area (Å²) in [7, 11) is 1.59. The van der Waals surface area contributed by atoms with E-state index in [2.05, 4.69) is 25.8 Å². The van der Waals surface area contributed by atoms with Gasteiger partial charge < -0.3 is 19.6 Å². The van der Waals surface area contributed by atoms with E-state index < -0.39 is 6.09 Å². The zero-order valence-electron chi connectivity index (χ0n) is 11.3. The number of fused-ring (bicyclic) bond motifs is 3. The number of anilines is 1. The Morgan fingerprint density at radius 2 is 2.30 bits per heavy atom. The zero-order valence-corrected chi connectivity index (χ0v) is 12.9. The molecule has 6 nitrogen and oxygen atoms in total. The number of methoxy groups -OCH3 is 1. The number of hydrogen-bond acceptors (Lipinski definition) is 4. The lowest BCUT2D eigenvalue weighted by molar-refractivity contribution is 0.128. The number of carbonyl (C=O) groups is 1. The van der Waals surface area contributed by atoms with Crippen LogP contribution < -0.4 is 9.64 Å². The van der Waals surface area contributed by atoms with E-state index in [1.54, 1.807) is 7.11 Å². The minimum Gasteiger partial charge on any atom is -0.480 e. The molecule has 3 rings (SSSR count). The molecule has 0 aromatic carbocycles. The predicted octanol–water partition coefficient (Wildman–Crippen LogP) is 1.97. The number of hydrogen-bond donors (Lipinski definition) is 1. The molecule has 2 aliphatic heterocycles. The molecular formula is C13H16BrN3O3. The minimum atomic E-state index is -0.848. The normalized spacial score (nSPS) is 24.4. The minimum absolute atomic E-state index is 0.115. The first-order valence-corrected chi connectivity index (χ1v) is 7.30. The van der Waals surface area contributed by atoms with Gasteiger partial charge >= 0.3 is 6.09 Å². The van der Waals surface area contributed by atoms with Gasteiger partial charge in [0.25, 0.3) is 0 Å². The van der Waals surface area contributed by atoms with E-state index in [1.165, 1.54) is 4.90 Å². The highest BCUT2D eigenvalue weighted by Gasteiger charge is 2.41. The fourth-order valence-corrected chi connectivity index (χ4v) is 3.68. The van der Waals surface area contributed by atoms with Gasteiger partial charge in [-0.05, 0) is 40.9 Å². The Morgan fingerprint density at radius 3 is 2.95 bits per heavy atom. The molecule has 1 aromatic heterocycles. The smallest absolute Gasteiger partial charge is 0.407 e. The molecule has 0 bridgehead atoms. The summed E-state index contributed by atoms with van der Waals surface area (Å²) in [6.45, 7) is 3.06. The van der Waals surface area contributed by atoms with E-state index in [-0.39, 0.29) is 12.1 Å². The molecule has 2 atom stereocenters. The highest BCUT2D eigenvalue weighted by molar-refractivity contribution is 9.10. The number of nitrogens with zero attached hydrogens (tertiary/aromatic N) is 3. The predicted molar refractivity (Wildman–Crippen MR) is 77.5 cm³/mol. The van der Waals surface area contributed by atoms with Crippen LogP contribution >= 0.6 is 15.9 Å². The molecule has 20 heavy (non-hydrogen) atoms. The van der Waals surface area contributed by atoms with Crippen molar-refractivity contribution in [3.05, 3.63) is 16.1 Å². The summed E-state index contributed by atoms with van der Waals surface area (Å²) in [5, 5.41) is 9.18. The number of piperazine rings is 1. The van der Waals surface area contributed by atoms with Crippen LogP contribution in [-0.4, -0.2) is 53.4 Å². The van der Waals surface area contributed by atoms with E-state index in [4.69, 9.17) is 4.74 Å². The van der Waals surface area contributed by atoms with Gasteiger partial charge in [0.15, 0.2) is 0 Å². The first-order chi connectivity index (χ1) is 9.51. The van der Waals surface area contributed by atoms with Crippen molar-refractivity contribution in [3.8, 4) is 5.88 Å². The Morgan fingerprint density at radius 1 is 1.55 bits per heavy atom. The van der Waals surface area contributed by atoms with Crippen molar-refractivity contribution in [2.45, 2.75) is 25.4 Å². The van der Waals surface area contributed by atoms with Gasteiger partial charge in [-0.1, -0.05) is 0 Å². The Labute approximate surface area is 125 Å². The van der Waals surface area contributed by atoms with Gasteiger partial charge in [0.2, 0.25) is 5.88 Å². The average molecular weight is 342 g/mol. The first-order valence-electron chi connectivity index (χ1n) is 6.51. The highest BCUT2D eigenvalue weighted by Crippen LogP contribution is 2.39. The van der Waals surface area contributed by atoms with Crippen LogP contribution in [-0.2, 0) is 6.42 Å². The van der Waals surface area contributed by atoms with E-state index >= 15 is 0 Å². The van der Waals surface area contributed by atoms with Crippen LogP contribution in [0.1, 0.15) is 12.5 Å². The number of halogens is 1. The van der Waals surface area contributed by atoms with Gasteiger partial charge in [-0.25, -0.2) is 4.79 Å². The van der Waals surface area contributed by atoms with Gasteiger partial charge in [-0.3, -0.25) is 0 Å². The monoisotopic (exact) mass is 341 g/mol. The zero-order chi connectivity index (χ0) is 14.4. The molecule has 1 saturated heterocycles. The van der Waals surface area contributed by atoms with E-state index in [9.17, 15) is 9.90 Å². The summed E-state index contributed by atoms with van der Waals surface area (Å²) in [6, 6.07) is 2.30. The summed E-state index contributed by atoms with van der Waals surface area (Å²) >= 11 is 3.45. The Hall–Kier alpha value is -1.50. The van der Waals surface area contributed by atoms with Crippen LogP contribution in [0.2, 0.25) is 0 Å². The molecule has 0 unspecified atom stereocenters. The molecule has 2 aliphatic rings. The SMILES string of the molecule is COc1nc2c(cc1Br)C[C@@H]1CN(C(=O)O)C[C@@H](C)N21. The maximum Gasteiger partial charge on any atom is 0.407 e. The quantitative estimate of drug-likeness (QED) is 0.845. The number of pyridine rings is 1. The van der Waals surface area contributed by atoms with Crippen molar-refractivity contribution in [1.82, 2.24) is 9.88 Å². The van der Waals surface area contributed by atoms with E-state index in [1.807, 2.05) is 13.0 Å². The Bertz CT molecular complexity index is 566. The van der Waals surface area contributed by atoms with E-state index in [0.717, 1.165) is 22.3 Å². The molecule has 1 aromatic rings. The van der Waals surface area contributed by atoms with Crippen LogP contribution in [0, 0.1) is 0 Å². The molecular weight excluding hydrogens is 326 g/mol. The standard InChI is InChI=1S/C13H16BrN3O3/c1-7-5-16(13(18)19)6-9-3-8-4-10(14)12(20-2)15-11(8)17(7)9/h4,7,9H,3,5-6H2,1-2H3,(H,18,19)/t7-,9-/m1/s1. The third-order valence-corrected chi connectivity index (χ3v) is 4.52. The number of rotatable bonds is 1. The molecule has 7 heteroatoms.